The Hall–Kier alpha value is -4.23. The minimum Gasteiger partial charge on any atom is -0.489 e. The Morgan fingerprint density at radius 2 is 1.91 bits per heavy atom. The Morgan fingerprint density at radius 3 is 2.71 bits per heavy atom. The summed E-state index contributed by atoms with van der Waals surface area (Å²) in [7, 11) is 0. The van der Waals surface area contributed by atoms with Crippen molar-refractivity contribution in [1.82, 2.24) is 9.97 Å². The van der Waals surface area contributed by atoms with E-state index in [1.807, 2.05) is 61.5 Å². The molecule has 0 saturated carbocycles. The van der Waals surface area contributed by atoms with Crippen LogP contribution in [0.4, 0.5) is 15.9 Å². The van der Waals surface area contributed by atoms with Crippen molar-refractivity contribution in [3.63, 3.8) is 0 Å². The first-order chi connectivity index (χ1) is 16.6. The molecule has 2 aromatic heterocycles. The van der Waals surface area contributed by atoms with Crippen LogP contribution in [0, 0.1) is 12.7 Å². The van der Waals surface area contributed by atoms with Gasteiger partial charge < -0.3 is 20.2 Å². The minimum atomic E-state index is -0.274. The maximum atomic E-state index is 13.4. The second-order valence-corrected chi connectivity index (χ2v) is 7.95. The zero-order chi connectivity index (χ0) is 23.5. The summed E-state index contributed by atoms with van der Waals surface area (Å²) < 4.78 is 25.1. The molecule has 0 amide bonds. The molecule has 0 unspecified atom stereocenters. The molecule has 170 valence electrons. The maximum Gasteiger partial charge on any atom is 0.141 e. The molecule has 5 aromatic rings. The monoisotopic (exact) mass is 454 g/mol. The Kier molecular flexibility index (Phi) is 5.93. The lowest BCUT2D eigenvalue weighted by atomic mass is 10.1. The van der Waals surface area contributed by atoms with Crippen molar-refractivity contribution < 1.29 is 13.5 Å². The lowest BCUT2D eigenvalue weighted by molar-refractivity contribution is 0.303. The average molecular weight is 455 g/mol. The van der Waals surface area contributed by atoms with Crippen LogP contribution >= 0.6 is 0 Å². The SMILES string of the molecule is Cc1cc(Nc2ncnc3ccc(-c4ccc(CN)o4)cc23)ccc1OCc1cccc(F)c1. The molecule has 5 rings (SSSR count). The molecule has 0 aliphatic rings. The second-order valence-electron chi connectivity index (χ2n) is 7.95. The molecule has 0 bridgehead atoms. The van der Waals surface area contributed by atoms with Gasteiger partial charge in [-0.2, -0.15) is 0 Å². The second kappa shape index (κ2) is 9.33. The number of benzene rings is 3. The van der Waals surface area contributed by atoms with Gasteiger partial charge in [0.05, 0.1) is 12.1 Å². The van der Waals surface area contributed by atoms with Gasteiger partial charge in [0.1, 0.15) is 41.8 Å². The van der Waals surface area contributed by atoms with Gasteiger partial charge in [-0.15, -0.1) is 0 Å². The van der Waals surface area contributed by atoms with E-state index >= 15 is 0 Å². The van der Waals surface area contributed by atoms with Gasteiger partial charge in [0.15, 0.2) is 0 Å². The zero-order valence-corrected chi connectivity index (χ0v) is 18.6. The quantitative estimate of drug-likeness (QED) is 0.308. The van der Waals surface area contributed by atoms with E-state index in [0.717, 1.165) is 50.6 Å². The highest BCUT2D eigenvalue weighted by Gasteiger charge is 2.10. The smallest absolute Gasteiger partial charge is 0.141 e. The number of rotatable bonds is 7. The number of hydrogen-bond donors (Lipinski definition) is 2. The first-order valence-electron chi connectivity index (χ1n) is 10.9. The third-order valence-corrected chi connectivity index (χ3v) is 5.50. The van der Waals surface area contributed by atoms with Crippen LogP contribution < -0.4 is 15.8 Å². The number of aryl methyl sites for hydroxylation is 1. The molecule has 6 nitrogen and oxygen atoms in total. The summed E-state index contributed by atoms with van der Waals surface area (Å²) >= 11 is 0. The fourth-order valence-electron chi connectivity index (χ4n) is 3.77. The summed E-state index contributed by atoms with van der Waals surface area (Å²) in [5, 5.41) is 4.25. The van der Waals surface area contributed by atoms with Gasteiger partial charge >= 0.3 is 0 Å². The number of furan rings is 1. The van der Waals surface area contributed by atoms with Gasteiger partial charge in [-0.1, -0.05) is 12.1 Å². The number of aromatic nitrogens is 2. The summed E-state index contributed by atoms with van der Waals surface area (Å²) in [6.45, 7) is 2.61. The summed E-state index contributed by atoms with van der Waals surface area (Å²) in [5.74, 6) is 2.62. The number of ether oxygens (including phenoxy) is 1. The summed E-state index contributed by atoms with van der Waals surface area (Å²) in [5.41, 5.74) is 10.0. The number of nitrogens with one attached hydrogen (secondary N) is 1. The van der Waals surface area contributed by atoms with Crippen LogP contribution in [0.1, 0.15) is 16.9 Å². The molecule has 0 fully saturated rings. The minimum absolute atomic E-state index is 0.274. The van der Waals surface area contributed by atoms with Crippen molar-refractivity contribution in [2.75, 3.05) is 5.32 Å². The number of nitrogens with two attached hydrogens (primary N) is 1. The zero-order valence-electron chi connectivity index (χ0n) is 18.6. The van der Waals surface area contributed by atoms with Gasteiger partial charge in [0.25, 0.3) is 0 Å². The Morgan fingerprint density at radius 1 is 1.00 bits per heavy atom. The molecule has 0 aliphatic carbocycles. The molecule has 34 heavy (non-hydrogen) atoms. The van der Waals surface area contributed by atoms with Crippen LogP contribution in [-0.2, 0) is 13.2 Å². The van der Waals surface area contributed by atoms with E-state index < -0.39 is 0 Å². The molecule has 0 saturated heterocycles. The average Bonchev–Trinajstić information content (AvgIpc) is 3.33. The van der Waals surface area contributed by atoms with E-state index in [2.05, 4.69) is 15.3 Å². The van der Waals surface area contributed by atoms with Gasteiger partial charge in [-0.3, -0.25) is 0 Å². The van der Waals surface area contributed by atoms with Crippen LogP contribution in [0.3, 0.4) is 0 Å². The number of fused-ring (bicyclic) bond motifs is 1. The van der Waals surface area contributed by atoms with Crippen molar-refractivity contribution >= 4 is 22.4 Å². The van der Waals surface area contributed by atoms with Crippen LogP contribution in [0.2, 0.25) is 0 Å². The predicted octanol–water partition coefficient (Wildman–Crippen LogP) is 6.12. The first-order valence-corrected chi connectivity index (χ1v) is 10.9. The van der Waals surface area contributed by atoms with Gasteiger partial charge in [-0.25, -0.2) is 14.4 Å². The lowest BCUT2D eigenvalue weighted by Crippen LogP contribution is -1.99. The summed E-state index contributed by atoms with van der Waals surface area (Å²) in [6.07, 6.45) is 1.53. The Bertz CT molecular complexity index is 1460. The third kappa shape index (κ3) is 4.60. The Balaban J connectivity index is 1.38. The molecule has 3 N–H and O–H groups in total. The molecule has 0 atom stereocenters. The van der Waals surface area contributed by atoms with E-state index in [9.17, 15) is 4.39 Å². The fraction of sp³-hybridized carbons (Fsp3) is 0.111. The van der Waals surface area contributed by atoms with Crippen LogP contribution in [0.5, 0.6) is 5.75 Å². The van der Waals surface area contributed by atoms with Crippen LogP contribution in [0.25, 0.3) is 22.2 Å². The standard InChI is InChI=1S/C27H23FN4O2/c1-17-11-21(6-9-25(17)33-15-18-3-2-4-20(28)12-18)32-27-23-13-19(5-8-24(23)30-16-31-27)26-10-7-22(14-29)34-26/h2-13,16H,14-15,29H2,1H3,(H,30,31,32). The van der Waals surface area contributed by atoms with Crippen molar-refractivity contribution in [3.8, 4) is 17.1 Å². The van der Waals surface area contributed by atoms with Gasteiger partial charge in [0, 0.05) is 16.6 Å². The number of halogens is 1. The summed E-state index contributed by atoms with van der Waals surface area (Å²) in [4.78, 5) is 8.84. The molecule has 0 radical (unpaired) electrons. The maximum absolute atomic E-state index is 13.4. The number of anilines is 2. The Labute approximate surface area is 196 Å². The highest BCUT2D eigenvalue weighted by molar-refractivity contribution is 5.93. The van der Waals surface area contributed by atoms with Gasteiger partial charge in [0.2, 0.25) is 0 Å². The lowest BCUT2D eigenvalue weighted by Gasteiger charge is -2.13. The van der Waals surface area contributed by atoms with Crippen molar-refractivity contribution in [1.29, 1.82) is 0 Å². The van der Waals surface area contributed by atoms with Gasteiger partial charge in [-0.05, 0) is 78.7 Å². The van der Waals surface area contributed by atoms with Crippen LogP contribution in [-0.4, -0.2) is 9.97 Å². The number of nitrogens with zero attached hydrogens (tertiary/aromatic N) is 2. The first kappa shape index (κ1) is 21.6. The molecule has 0 aliphatic heterocycles. The number of hydrogen-bond acceptors (Lipinski definition) is 6. The molecule has 7 heteroatoms. The molecule has 0 spiro atoms. The van der Waals surface area contributed by atoms with Crippen LogP contribution in [0.15, 0.2) is 83.5 Å². The van der Waals surface area contributed by atoms with Crippen molar-refractivity contribution in [2.45, 2.75) is 20.1 Å². The van der Waals surface area contributed by atoms with E-state index in [1.54, 1.807) is 6.07 Å². The van der Waals surface area contributed by atoms with Crippen molar-refractivity contribution in [3.05, 3.63) is 102 Å². The largest absolute Gasteiger partial charge is 0.489 e. The topological polar surface area (TPSA) is 86.2 Å². The molecule has 2 heterocycles. The highest BCUT2D eigenvalue weighted by atomic mass is 19.1. The molecule has 3 aromatic carbocycles. The van der Waals surface area contributed by atoms with E-state index in [-0.39, 0.29) is 5.82 Å². The third-order valence-electron chi connectivity index (χ3n) is 5.50. The molecular weight excluding hydrogens is 431 g/mol. The molecular formula is C27H23FN4O2. The van der Waals surface area contributed by atoms with Crippen molar-refractivity contribution in [2.24, 2.45) is 5.73 Å². The van der Waals surface area contributed by atoms with E-state index in [0.29, 0.717) is 19.0 Å². The van der Waals surface area contributed by atoms with E-state index in [4.69, 9.17) is 14.9 Å². The summed E-state index contributed by atoms with van der Waals surface area (Å²) in [6, 6.07) is 21.9. The highest BCUT2D eigenvalue weighted by Crippen LogP contribution is 2.31. The normalized spacial score (nSPS) is 11.0. The predicted molar refractivity (Wildman–Crippen MR) is 130 cm³/mol. The van der Waals surface area contributed by atoms with E-state index in [1.165, 1.54) is 18.5 Å². The fourth-order valence-corrected chi connectivity index (χ4v) is 3.77.